The van der Waals surface area contributed by atoms with Gasteiger partial charge in [-0.25, -0.2) is 9.59 Å². The lowest BCUT2D eigenvalue weighted by atomic mass is 9.98. The number of nitrogens with one attached hydrogen (secondary N) is 1. The largest absolute Gasteiger partial charge is 0.480 e. The summed E-state index contributed by atoms with van der Waals surface area (Å²) in [6.07, 6.45) is -2.11. The van der Waals surface area contributed by atoms with Crippen molar-refractivity contribution in [1.82, 2.24) is 5.32 Å². The van der Waals surface area contributed by atoms with E-state index in [0.717, 1.165) is 22.3 Å². The van der Waals surface area contributed by atoms with Crippen LogP contribution in [0.2, 0.25) is 0 Å². The summed E-state index contributed by atoms with van der Waals surface area (Å²) in [5.74, 6) is -2.17. The van der Waals surface area contributed by atoms with E-state index in [1.807, 2.05) is 48.5 Å². The monoisotopic (exact) mass is 445 g/mol. The number of carboxylic acids is 1. The highest BCUT2D eigenvalue weighted by molar-refractivity contribution is 5.82. The number of esters is 1. The third-order valence-electron chi connectivity index (χ3n) is 5.61. The third kappa shape index (κ3) is 4.72. The minimum atomic E-state index is -1.52. The van der Waals surface area contributed by atoms with Gasteiger partial charge in [0.2, 0.25) is 0 Å². The Morgan fingerprint density at radius 2 is 1.42 bits per heavy atom. The van der Waals surface area contributed by atoms with Gasteiger partial charge in [0.1, 0.15) is 6.61 Å². The summed E-state index contributed by atoms with van der Waals surface area (Å²) in [5, 5.41) is 12.1. The first-order valence-electron chi connectivity index (χ1n) is 10.5. The number of benzene rings is 3. The van der Waals surface area contributed by atoms with E-state index in [1.54, 1.807) is 30.3 Å². The fraction of sp³-hybridized carbons (Fsp3) is 0.192. The summed E-state index contributed by atoms with van der Waals surface area (Å²) in [7, 11) is 0. The predicted octanol–water partition coefficient (Wildman–Crippen LogP) is 4.28. The maximum absolute atomic E-state index is 12.6. The van der Waals surface area contributed by atoms with Crippen molar-refractivity contribution in [3.8, 4) is 11.1 Å². The van der Waals surface area contributed by atoms with E-state index in [4.69, 9.17) is 9.47 Å². The normalized spacial score (nSPS) is 13.8. The number of alkyl carbamates (subject to hydrolysis) is 1. The maximum Gasteiger partial charge on any atom is 0.408 e. The molecule has 0 saturated heterocycles. The molecule has 0 heterocycles. The van der Waals surface area contributed by atoms with Crippen LogP contribution in [0, 0.1) is 0 Å². The lowest BCUT2D eigenvalue weighted by molar-refractivity contribution is -0.154. The Bertz CT molecular complexity index is 1130. The number of hydrogen-bond donors (Lipinski definition) is 2. The number of ether oxygens (including phenoxy) is 2. The van der Waals surface area contributed by atoms with E-state index < -0.39 is 30.2 Å². The molecule has 4 rings (SSSR count). The Morgan fingerprint density at radius 3 is 1.97 bits per heavy atom. The van der Waals surface area contributed by atoms with Crippen LogP contribution in [0.15, 0.2) is 78.9 Å². The van der Waals surface area contributed by atoms with Crippen LogP contribution in [0.4, 0.5) is 4.79 Å². The van der Waals surface area contributed by atoms with Crippen molar-refractivity contribution in [3.05, 3.63) is 95.6 Å². The van der Waals surface area contributed by atoms with Gasteiger partial charge in [0, 0.05) is 12.8 Å². The Labute approximate surface area is 191 Å². The second kappa shape index (κ2) is 9.56. The Balaban J connectivity index is 1.50. The Hall–Kier alpha value is -4.13. The molecule has 33 heavy (non-hydrogen) atoms. The molecule has 7 nitrogen and oxygen atoms in total. The Kier molecular flexibility index (Phi) is 6.40. The van der Waals surface area contributed by atoms with Crippen molar-refractivity contribution in [1.29, 1.82) is 0 Å². The third-order valence-corrected chi connectivity index (χ3v) is 5.61. The van der Waals surface area contributed by atoms with Gasteiger partial charge in [-0.05, 0) is 27.8 Å². The van der Waals surface area contributed by atoms with Gasteiger partial charge in [-0.15, -0.1) is 0 Å². The van der Waals surface area contributed by atoms with Gasteiger partial charge in [-0.2, -0.15) is 0 Å². The van der Waals surface area contributed by atoms with Gasteiger partial charge in [0.15, 0.2) is 12.1 Å². The SMILES string of the molecule is CC(=O)O[C@@H](c1ccccc1)[C@@H](NC(=O)OCC1c2ccccc2-c2ccccc21)C(=O)O. The summed E-state index contributed by atoms with van der Waals surface area (Å²) in [4.78, 5) is 36.2. The number of carbonyl (C=O) groups excluding carboxylic acids is 2. The van der Waals surface area contributed by atoms with Gasteiger partial charge < -0.3 is 19.9 Å². The average Bonchev–Trinajstić information content (AvgIpc) is 3.14. The van der Waals surface area contributed by atoms with Crippen LogP contribution in [0.5, 0.6) is 0 Å². The standard InChI is InChI=1S/C26H23NO6/c1-16(28)33-24(17-9-3-2-4-10-17)23(25(29)30)27-26(31)32-15-22-20-13-7-5-11-18(20)19-12-6-8-14-21(19)22/h2-14,22-24H,15H2,1H3,(H,27,31)(H,29,30)/t23-,24+/m1/s1. The zero-order valence-corrected chi connectivity index (χ0v) is 17.9. The zero-order chi connectivity index (χ0) is 23.4. The molecule has 1 aliphatic rings. The van der Waals surface area contributed by atoms with Crippen LogP contribution in [-0.2, 0) is 19.1 Å². The fourth-order valence-corrected chi connectivity index (χ4v) is 4.18. The molecule has 0 saturated carbocycles. The number of amides is 1. The molecule has 3 aromatic carbocycles. The second-order valence-electron chi connectivity index (χ2n) is 7.73. The van der Waals surface area contributed by atoms with E-state index in [9.17, 15) is 19.5 Å². The second-order valence-corrected chi connectivity index (χ2v) is 7.73. The minimum Gasteiger partial charge on any atom is -0.480 e. The van der Waals surface area contributed by atoms with E-state index in [0.29, 0.717) is 5.56 Å². The molecule has 0 aliphatic heterocycles. The van der Waals surface area contributed by atoms with Gasteiger partial charge >= 0.3 is 18.0 Å². The average molecular weight is 445 g/mol. The number of rotatable bonds is 7. The highest BCUT2D eigenvalue weighted by Crippen LogP contribution is 2.44. The first-order chi connectivity index (χ1) is 16.0. The Morgan fingerprint density at radius 1 is 0.879 bits per heavy atom. The van der Waals surface area contributed by atoms with Gasteiger partial charge in [0.05, 0.1) is 0 Å². The number of fused-ring (bicyclic) bond motifs is 3. The van der Waals surface area contributed by atoms with E-state index >= 15 is 0 Å². The molecule has 0 aromatic heterocycles. The van der Waals surface area contributed by atoms with Crippen LogP contribution in [0.3, 0.4) is 0 Å². The summed E-state index contributed by atoms with van der Waals surface area (Å²) < 4.78 is 10.7. The first kappa shape index (κ1) is 22.1. The number of hydrogen-bond acceptors (Lipinski definition) is 5. The molecule has 168 valence electrons. The molecule has 3 aromatic rings. The zero-order valence-electron chi connectivity index (χ0n) is 17.9. The molecule has 0 fully saturated rings. The number of carboxylic acid groups (broad SMARTS) is 1. The van der Waals surface area contributed by atoms with Gasteiger partial charge in [0.25, 0.3) is 0 Å². The fourth-order valence-electron chi connectivity index (χ4n) is 4.18. The first-order valence-corrected chi connectivity index (χ1v) is 10.5. The van der Waals surface area contributed by atoms with Crippen molar-refractivity contribution in [2.24, 2.45) is 0 Å². The van der Waals surface area contributed by atoms with Gasteiger partial charge in [-0.1, -0.05) is 78.9 Å². The van der Waals surface area contributed by atoms with Gasteiger partial charge in [-0.3, -0.25) is 4.79 Å². The van der Waals surface area contributed by atoms with Crippen molar-refractivity contribution in [3.63, 3.8) is 0 Å². The van der Waals surface area contributed by atoms with Crippen LogP contribution in [0.25, 0.3) is 11.1 Å². The summed E-state index contributed by atoms with van der Waals surface area (Å²) in [6, 6.07) is 22.7. The van der Waals surface area contributed by atoms with E-state index in [-0.39, 0.29) is 12.5 Å². The van der Waals surface area contributed by atoms with Crippen LogP contribution in [0.1, 0.15) is 35.6 Å². The quantitative estimate of drug-likeness (QED) is 0.526. The van der Waals surface area contributed by atoms with E-state index in [2.05, 4.69) is 5.32 Å². The topological polar surface area (TPSA) is 102 Å². The molecule has 0 unspecified atom stereocenters. The molecule has 0 radical (unpaired) electrons. The molecule has 2 N–H and O–H groups in total. The maximum atomic E-state index is 12.6. The van der Waals surface area contributed by atoms with Crippen LogP contribution < -0.4 is 5.32 Å². The lowest BCUT2D eigenvalue weighted by Crippen LogP contribution is -2.46. The number of carbonyl (C=O) groups is 3. The minimum absolute atomic E-state index is 0.0375. The summed E-state index contributed by atoms with van der Waals surface area (Å²) in [6.45, 7) is 1.22. The smallest absolute Gasteiger partial charge is 0.408 e. The molecule has 1 amide bonds. The number of aliphatic carboxylic acids is 1. The summed E-state index contributed by atoms with van der Waals surface area (Å²) in [5.41, 5.74) is 4.71. The molecule has 7 heteroatoms. The highest BCUT2D eigenvalue weighted by atomic mass is 16.6. The predicted molar refractivity (Wildman–Crippen MR) is 121 cm³/mol. The molecular weight excluding hydrogens is 422 g/mol. The lowest BCUT2D eigenvalue weighted by Gasteiger charge is -2.25. The van der Waals surface area contributed by atoms with Crippen molar-refractivity contribution >= 4 is 18.0 Å². The van der Waals surface area contributed by atoms with Crippen molar-refractivity contribution in [2.45, 2.75) is 25.0 Å². The highest BCUT2D eigenvalue weighted by Gasteiger charge is 2.35. The molecule has 2 atom stereocenters. The van der Waals surface area contributed by atoms with Crippen molar-refractivity contribution < 1.29 is 29.0 Å². The molecular formula is C26H23NO6. The molecule has 0 spiro atoms. The molecule has 1 aliphatic carbocycles. The van der Waals surface area contributed by atoms with E-state index in [1.165, 1.54) is 6.92 Å². The van der Waals surface area contributed by atoms with Crippen molar-refractivity contribution in [2.75, 3.05) is 6.61 Å². The van der Waals surface area contributed by atoms with Crippen LogP contribution in [-0.4, -0.2) is 35.8 Å². The summed E-state index contributed by atoms with van der Waals surface area (Å²) >= 11 is 0. The van der Waals surface area contributed by atoms with Crippen LogP contribution >= 0.6 is 0 Å². The molecule has 0 bridgehead atoms.